The Kier molecular flexibility index (Phi) is 7.00. The van der Waals surface area contributed by atoms with Crippen LogP contribution in [-0.4, -0.2) is 30.8 Å². The van der Waals surface area contributed by atoms with E-state index < -0.39 is 0 Å². The van der Waals surface area contributed by atoms with Crippen LogP contribution in [0.15, 0.2) is 41.1 Å². The van der Waals surface area contributed by atoms with Crippen LogP contribution in [0.2, 0.25) is 0 Å². The molecular weight excluding hydrogens is 382 g/mol. The quantitative estimate of drug-likeness (QED) is 0.296. The first-order valence-electron chi connectivity index (χ1n) is 8.16. The van der Waals surface area contributed by atoms with Gasteiger partial charge >= 0.3 is 0 Å². The standard InChI is InChI=1S/C18H17N5S3/c1-2-3-8-24-12-26-17-14(11-19)13(16-20-5-4-6-21-16)10-15(23-17)18-22-7-9-25-18/h4-7,9-10H,2-3,8,12H2,1H3. The third-order valence-electron chi connectivity index (χ3n) is 3.48. The van der Waals surface area contributed by atoms with E-state index in [9.17, 15) is 5.26 Å². The van der Waals surface area contributed by atoms with Crippen molar-refractivity contribution in [2.45, 2.75) is 24.8 Å². The molecule has 0 aliphatic rings. The van der Waals surface area contributed by atoms with Crippen molar-refractivity contribution in [1.29, 1.82) is 5.26 Å². The fraction of sp³-hybridized carbons (Fsp3) is 0.278. The van der Waals surface area contributed by atoms with Crippen molar-refractivity contribution in [1.82, 2.24) is 19.9 Å². The molecule has 0 bridgehead atoms. The summed E-state index contributed by atoms with van der Waals surface area (Å²) in [7, 11) is 0. The van der Waals surface area contributed by atoms with E-state index in [4.69, 9.17) is 4.98 Å². The fourth-order valence-corrected chi connectivity index (χ4v) is 5.02. The number of thioether (sulfide) groups is 2. The molecular formula is C18H17N5S3. The Morgan fingerprint density at radius 3 is 2.73 bits per heavy atom. The summed E-state index contributed by atoms with van der Waals surface area (Å²) >= 11 is 4.98. The van der Waals surface area contributed by atoms with Crippen molar-refractivity contribution in [3.8, 4) is 28.2 Å². The van der Waals surface area contributed by atoms with E-state index in [0.29, 0.717) is 22.0 Å². The van der Waals surface area contributed by atoms with E-state index in [1.807, 2.05) is 23.2 Å². The lowest BCUT2D eigenvalue weighted by Crippen LogP contribution is -1.98. The zero-order valence-corrected chi connectivity index (χ0v) is 16.7. The van der Waals surface area contributed by atoms with E-state index in [0.717, 1.165) is 21.5 Å². The average molecular weight is 400 g/mol. The largest absolute Gasteiger partial charge is 0.243 e. The summed E-state index contributed by atoms with van der Waals surface area (Å²) in [6, 6.07) is 5.92. The van der Waals surface area contributed by atoms with Crippen LogP contribution in [0.4, 0.5) is 0 Å². The van der Waals surface area contributed by atoms with Crippen LogP contribution in [0.1, 0.15) is 25.3 Å². The summed E-state index contributed by atoms with van der Waals surface area (Å²) in [5, 5.41) is 14.1. The maximum absolute atomic E-state index is 9.74. The molecule has 0 spiro atoms. The Bertz CT molecular complexity index is 876. The van der Waals surface area contributed by atoms with Gasteiger partial charge in [0.2, 0.25) is 0 Å². The third-order valence-corrected chi connectivity index (χ3v) is 6.56. The summed E-state index contributed by atoms with van der Waals surface area (Å²) in [6.07, 6.45) is 7.51. The Labute approximate surface area is 165 Å². The van der Waals surface area contributed by atoms with Crippen molar-refractivity contribution in [3.63, 3.8) is 0 Å². The number of nitrogens with zero attached hydrogens (tertiary/aromatic N) is 5. The molecule has 3 heterocycles. The number of hydrogen-bond donors (Lipinski definition) is 0. The summed E-state index contributed by atoms with van der Waals surface area (Å²) < 4.78 is 0. The van der Waals surface area contributed by atoms with E-state index in [-0.39, 0.29) is 0 Å². The van der Waals surface area contributed by atoms with Gasteiger partial charge in [-0.3, -0.25) is 0 Å². The van der Waals surface area contributed by atoms with Crippen molar-refractivity contribution >= 4 is 34.9 Å². The molecule has 3 aromatic rings. The zero-order valence-electron chi connectivity index (χ0n) is 14.3. The van der Waals surface area contributed by atoms with Crippen LogP contribution < -0.4 is 0 Å². The molecule has 0 saturated carbocycles. The topological polar surface area (TPSA) is 75.3 Å². The van der Waals surface area contributed by atoms with Gasteiger partial charge in [-0.25, -0.2) is 19.9 Å². The van der Waals surface area contributed by atoms with Crippen LogP contribution in [0.25, 0.3) is 22.1 Å². The minimum Gasteiger partial charge on any atom is -0.243 e. The summed E-state index contributed by atoms with van der Waals surface area (Å²) in [5.74, 6) is 1.65. The highest BCUT2D eigenvalue weighted by atomic mass is 32.2. The lowest BCUT2D eigenvalue weighted by atomic mass is 10.1. The molecule has 0 saturated heterocycles. The number of rotatable bonds is 8. The number of aromatic nitrogens is 4. The molecule has 0 aliphatic carbocycles. The second-order valence-corrected chi connectivity index (χ2v) is 8.61. The molecule has 132 valence electrons. The predicted octanol–water partition coefficient (Wildman–Crippen LogP) is 5.12. The van der Waals surface area contributed by atoms with Gasteiger partial charge in [-0.2, -0.15) is 17.0 Å². The minimum absolute atomic E-state index is 0.526. The first-order valence-corrected chi connectivity index (χ1v) is 11.2. The number of pyridine rings is 1. The van der Waals surface area contributed by atoms with Gasteiger partial charge in [0.05, 0.1) is 5.56 Å². The molecule has 26 heavy (non-hydrogen) atoms. The van der Waals surface area contributed by atoms with Gasteiger partial charge in [-0.1, -0.05) is 25.1 Å². The monoisotopic (exact) mass is 399 g/mol. The van der Waals surface area contributed by atoms with Crippen LogP contribution >= 0.6 is 34.9 Å². The Morgan fingerprint density at radius 1 is 1.19 bits per heavy atom. The maximum atomic E-state index is 9.74. The number of nitriles is 1. The average Bonchev–Trinajstić information content (AvgIpc) is 3.22. The number of unbranched alkanes of at least 4 members (excludes halogenated alkanes) is 1. The first kappa shape index (κ1) is 18.8. The zero-order chi connectivity index (χ0) is 18.2. The predicted molar refractivity (Wildman–Crippen MR) is 109 cm³/mol. The fourth-order valence-electron chi connectivity index (χ4n) is 2.21. The van der Waals surface area contributed by atoms with Gasteiger partial charge in [-0.05, 0) is 24.3 Å². The molecule has 0 amide bonds. The van der Waals surface area contributed by atoms with Gasteiger partial charge in [-0.15, -0.1) is 11.3 Å². The second-order valence-electron chi connectivity index (χ2n) is 5.28. The maximum Gasteiger partial charge on any atom is 0.160 e. The van der Waals surface area contributed by atoms with Gasteiger partial charge in [0.25, 0.3) is 0 Å². The van der Waals surface area contributed by atoms with Gasteiger partial charge < -0.3 is 0 Å². The molecule has 3 rings (SSSR count). The van der Waals surface area contributed by atoms with Crippen LogP contribution in [-0.2, 0) is 0 Å². The third kappa shape index (κ3) is 4.61. The van der Waals surface area contributed by atoms with E-state index in [1.165, 1.54) is 24.2 Å². The highest BCUT2D eigenvalue weighted by Crippen LogP contribution is 2.34. The summed E-state index contributed by atoms with van der Waals surface area (Å²) in [6.45, 7) is 2.19. The molecule has 0 atom stereocenters. The Morgan fingerprint density at radius 2 is 2.04 bits per heavy atom. The van der Waals surface area contributed by atoms with Gasteiger partial charge in [0.1, 0.15) is 21.8 Å². The molecule has 0 fully saturated rings. The molecule has 0 aromatic carbocycles. The Balaban J connectivity index is 1.98. The number of thiazole rings is 1. The molecule has 0 radical (unpaired) electrons. The lowest BCUT2D eigenvalue weighted by molar-refractivity contribution is 0.897. The van der Waals surface area contributed by atoms with E-state index >= 15 is 0 Å². The van der Waals surface area contributed by atoms with Gasteiger partial charge in [0.15, 0.2) is 5.82 Å². The molecule has 0 N–H and O–H groups in total. The van der Waals surface area contributed by atoms with Crippen molar-refractivity contribution in [3.05, 3.63) is 41.7 Å². The summed E-state index contributed by atoms with van der Waals surface area (Å²) in [4.78, 5) is 17.7. The van der Waals surface area contributed by atoms with Crippen LogP contribution in [0.5, 0.6) is 0 Å². The highest BCUT2D eigenvalue weighted by Gasteiger charge is 2.18. The molecule has 5 nitrogen and oxygen atoms in total. The van der Waals surface area contributed by atoms with Gasteiger partial charge in [0, 0.05) is 34.6 Å². The second kappa shape index (κ2) is 9.67. The van der Waals surface area contributed by atoms with Crippen molar-refractivity contribution < 1.29 is 0 Å². The number of hydrogen-bond acceptors (Lipinski definition) is 8. The highest BCUT2D eigenvalue weighted by molar-refractivity contribution is 8.15. The normalized spacial score (nSPS) is 10.6. The Hall–Kier alpha value is -1.95. The van der Waals surface area contributed by atoms with Crippen LogP contribution in [0, 0.1) is 11.3 Å². The molecule has 0 aliphatic heterocycles. The van der Waals surface area contributed by atoms with Crippen molar-refractivity contribution in [2.24, 2.45) is 0 Å². The van der Waals surface area contributed by atoms with Crippen LogP contribution in [0.3, 0.4) is 0 Å². The molecule has 3 aromatic heterocycles. The van der Waals surface area contributed by atoms with E-state index in [2.05, 4.69) is 27.9 Å². The smallest absolute Gasteiger partial charge is 0.160 e. The molecule has 8 heteroatoms. The lowest BCUT2D eigenvalue weighted by Gasteiger charge is -2.10. The molecule has 0 unspecified atom stereocenters. The SMILES string of the molecule is CCCCSCSc1nc(-c2nccs2)cc(-c2ncccn2)c1C#N. The first-order chi connectivity index (χ1) is 12.8. The minimum atomic E-state index is 0.526. The summed E-state index contributed by atoms with van der Waals surface area (Å²) in [5.41, 5.74) is 1.98. The van der Waals surface area contributed by atoms with E-state index in [1.54, 1.807) is 36.4 Å². The van der Waals surface area contributed by atoms with Crippen molar-refractivity contribution in [2.75, 3.05) is 10.8 Å².